The zero-order chi connectivity index (χ0) is 12.0. The molecule has 3 nitrogen and oxygen atoms in total. The van der Waals surface area contributed by atoms with Crippen molar-refractivity contribution in [2.24, 2.45) is 0 Å². The molecular formula is C11H7F2N3S. The maximum atomic E-state index is 13.5. The van der Waals surface area contributed by atoms with Crippen molar-refractivity contribution in [2.75, 3.05) is 0 Å². The Bertz CT molecular complexity index is 670. The Kier molecular flexibility index (Phi) is 2.19. The third-order valence-corrected chi connectivity index (χ3v) is 3.19. The molecule has 0 aliphatic heterocycles. The number of halogens is 2. The van der Waals surface area contributed by atoms with Gasteiger partial charge >= 0.3 is 0 Å². The van der Waals surface area contributed by atoms with E-state index in [1.807, 2.05) is 6.92 Å². The number of fused-ring (bicyclic) bond motifs is 1. The molecule has 0 spiro atoms. The van der Waals surface area contributed by atoms with E-state index in [0.717, 1.165) is 11.1 Å². The summed E-state index contributed by atoms with van der Waals surface area (Å²) in [5.74, 6) is -1.21. The third-order valence-electron chi connectivity index (χ3n) is 2.35. The molecule has 3 aromatic rings. The number of benzene rings is 1. The van der Waals surface area contributed by atoms with Crippen molar-refractivity contribution in [3.63, 3.8) is 0 Å². The van der Waals surface area contributed by atoms with Crippen LogP contribution in [0.2, 0.25) is 0 Å². The van der Waals surface area contributed by atoms with Crippen molar-refractivity contribution in [3.05, 3.63) is 41.0 Å². The molecule has 0 unspecified atom stereocenters. The highest BCUT2D eigenvalue weighted by atomic mass is 32.1. The van der Waals surface area contributed by atoms with Crippen LogP contribution < -0.4 is 0 Å². The average Bonchev–Trinajstić information content (AvgIpc) is 2.74. The van der Waals surface area contributed by atoms with E-state index >= 15 is 0 Å². The van der Waals surface area contributed by atoms with E-state index in [0.29, 0.717) is 10.7 Å². The van der Waals surface area contributed by atoms with Crippen molar-refractivity contribution >= 4 is 16.3 Å². The zero-order valence-corrected chi connectivity index (χ0v) is 9.63. The maximum Gasteiger partial charge on any atom is 0.212 e. The SMILES string of the molecule is Cc1nn2cc(-c3ccc(F)cc3F)nc2s1. The number of aromatic nitrogens is 3. The van der Waals surface area contributed by atoms with Gasteiger partial charge in [0, 0.05) is 11.6 Å². The molecular weight excluding hydrogens is 244 g/mol. The zero-order valence-electron chi connectivity index (χ0n) is 8.82. The molecule has 17 heavy (non-hydrogen) atoms. The summed E-state index contributed by atoms with van der Waals surface area (Å²) in [6.07, 6.45) is 1.63. The van der Waals surface area contributed by atoms with Crippen LogP contribution in [0.1, 0.15) is 5.01 Å². The van der Waals surface area contributed by atoms with Gasteiger partial charge in [0.1, 0.15) is 16.6 Å². The molecule has 86 valence electrons. The fourth-order valence-electron chi connectivity index (χ4n) is 1.63. The Labute approximate surface area is 99.4 Å². The Morgan fingerprint density at radius 2 is 2.12 bits per heavy atom. The Hall–Kier alpha value is -1.82. The second-order valence-corrected chi connectivity index (χ2v) is 4.76. The van der Waals surface area contributed by atoms with Gasteiger partial charge in [-0.05, 0) is 19.1 Å². The first-order valence-corrected chi connectivity index (χ1v) is 5.73. The second-order valence-electron chi connectivity index (χ2n) is 3.60. The van der Waals surface area contributed by atoms with E-state index in [1.165, 1.54) is 23.5 Å². The van der Waals surface area contributed by atoms with Crippen LogP contribution in [0.5, 0.6) is 0 Å². The molecule has 1 aromatic carbocycles. The molecule has 0 N–H and O–H groups in total. The monoisotopic (exact) mass is 251 g/mol. The number of rotatable bonds is 1. The fraction of sp³-hybridized carbons (Fsp3) is 0.0909. The molecule has 0 aliphatic carbocycles. The highest BCUT2D eigenvalue weighted by Gasteiger charge is 2.12. The van der Waals surface area contributed by atoms with E-state index in [4.69, 9.17) is 0 Å². The first kappa shape index (κ1) is 10.3. The molecule has 0 saturated carbocycles. The van der Waals surface area contributed by atoms with Crippen molar-refractivity contribution < 1.29 is 8.78 Å². The predicted octanol–water partition coefficient (Wildman–Crippen LogP) is 3.04. The van der Waals surface area contributed by atoms with Gasteiger partial charge in [-0.25, -0.2) is 18.3 Å². The van der Waals surface area contributed by atoms with Crippen molar-refractivity contribution in [3.8, 4) is 11.3 Å². The summed E-state index contributed by atoms with van der Waals surface area (Å²) in [7, 11) is 0. The minimum absolute atomic E-state index is 0.279. The van der Waals surface area contributed by atoms with Gasteiger partial charge in [0.05, 0.1) is 11.9 Å². The summed E-state index contributed by atoms with van der Waals surface area (Å²) in [6, 6.07) is 3.44. The topological polar surface area (TPSA) is 30.2 Å². The summed E-state index contributed by atoms with van der Waals surface area (Å²) >= 11 is 1.42. The van der Waals surface area contributed by atoms with Crippen molar-refractivity contribution in [2.45, 2.75) is 6.92 Å². The minimum atomic E-state index is -0.618. The van der Waals surface area contributed by atoms with Crippen LogP contribution in [0.4, 0.5) is 8.78 Å². The van der Waals surface area contributed by atoms with Gasteiger partial charge in [0.25, 0.3) is 0 Å². The van der Waals surface area contributed by atoms with E-state index in [-0.39, 0.29) is 5.56 Å². The van der Waals surface area contributed by atoms with Crippen molar-refractivity contribution in [1.29, 1.82) is 0 Å². The molecule has 2 heterocycles. The fourth-order valence-corrected chi connectivity index (χ4v) is 2.35. The highest BCUT2D eigenvalue weighted by Crippen LogP contribution is 2.24. The van der Waals surface area contributed by atoms with E-state index in [1.54, 1.807) is 10.7 Å². The lowest BCUT2D eigenvalue weighted by Crippen LogP contribution is -1.86. The quantitative estimate of drug-likeness (QED) is 0.665. The van der Waals surface area contributed by atoms with Gasteiger partial charge in [-0.3, -0.25) is 0 Å². The van der Waals surface area contributed by atoms with E-state index in [2.05, 4.69) is 10.1 Å². The van der Waals surface area contributed by atoms with Gasteiger partial charge < -0.3 is 0 Å². The lowest BCUT2D eigenvalue weighted by molar-refractivity contribution is 0.585. The summed E-state index contributed by atoms with van der Waals surface area (Å²) in [6.45, 7) is 1.87. The molecule has 0 atom stereocenters. The second kappa shape index (κ2) is 3.59. The van der Waals surface area contributed by atoms with Crippen LogP contribution in [-0.4, -0.2) is 14.6 Å². The number of hydrogen-bond donors (Lipinski definition) is 0. The van der Waals surface area contributed by atoms with Gasteiger partial charge in [-0.2, -0.15) is 5.10 Å². The Morgan fingerprint density at radius 1 is 1.29 bits per heavy atom. The number of nitrogens with zero attached hydrogens (tertiary/aromatic N) is 3. The first-order valence-electron chi connectivity index (χ1n) is 4.92. The predicted molar refractivity (Wildman–Crippen MR) is 61.0 cm³/mol. The average molecular weight is 251 g/mol. The van der Waals surface area contributed by atoms with Gasteiger partial charge in [-0.15, -0.1) is 0 Å². The smallest absolute Gasteiger partial charge is 0.212 e. The van der Waals surface area contributed by atoms with Crippen LogP contribution in [0.3, 0.4) is 0 Å². The number of hydrogen-bond acceptors (Lipinski definition) is 3. The Morgan fingerprint density at radius 3 is 2.82 bits per heavy atom. The lowest BCUT2D eigenvalue weighted by atomic mass is 10.1. The molecule has 0 fully saturated rings. The molecule has 0 radical (unpaired) electrons. The molecule has 3 rings (SSSR count). The molecule has 0 bridgehead atoms. The Balaban J connectivity index is 2.16. The standard InChI is InChI=1S/C11H7F2N3S/c1-6-15-16-5-10(14-11(16)17-6)8-3-2-7(12)4-9(8)13/h2-5H,1H3. The highest BCUT2D eigenvalue weighted by molar-refractivity contribution is 7.16. The van der Waals surface area contributed by atoms with Gasteiger partial charge in [0.2, 0.25) is 4.96 Å². The van der Waals surface area contributed by atoms with Crippen LogP contribution in [0.25, 0.3) is 16.2 Å². The van der Waals surface area contributed by atoms with Crippen LogP contribution in [0, 0.1) is 18.6 Å². The summed E-state index contributed by atoms with van der Waals surface area (Å²) in [5.41, 5.74) is 0.739. The molecule has 0 aliphatic rings. The van der Waals surface area contributed by atoms with Gasteiger partial charge in [-0.1, -0.05) is 11.3 Å². The first-order chi connectivity index (χ1) is 8.13. The largest absolute Gasteiger partial charge is 0.217 e. The molecule has 0 amide bonds. The summed E-state index contributed by atoms with van der Waals surface area (Å²) < 4.78 is 27.9. The number of imidazole rings is 1. The summed E-state index contributed by atoms with van der Waals surface area (Å²) in [5, 5.41) is 5.07. The third kappa shape index (κ3) is 1.70. The molecule has 2 aromatic heterocycles. The van der Waals surface area contributed by atoms with Crippen molar-refractivity contribution in [1.82, 2.24) is 14.6 Å². The molecule has 6 heteroatoms. The normalized spacial score (nSPS) is 11.2. The van der Waals surface area contributed by atoms with Crippen LogP contribution in [0.15, 0.2) is 24.4 Å². The van der Waals surface area contributed by atoms with E-state index < -0.39 is 11.6 Å². The maximum absolute atomic E-state index is 13.5. The summed E-state index contributed by atoms with van der Waals surface area (Å²) in [4.78, 5) is 4.95. The van der Waals surface area contributed by atoms with E-state index in [9.17, 15) is 8.78 Å². The molecule has 0 saturated heterocycles. The number of aryl methyl sites for hydroxylation is 1. The lowest BCUT2D eigenvalue weighted by Gasteiger charge is -1.98. The van der Waals surface area contributed by atoms with Crippen LogP contribution in [-0.2, 0) is 0 Å². The van der Waals surface area contributed by atoms with Crippen LogP contribution >= 0.6 is 11.3 Å². The minimum Gasteiger partial charge on any atom is -0.217 e. The van der Waals surface area contributed by atoms with Gasteiger partial charge in [0.15, 0.2) is 0 Å².